The Balaban J connectivity index is 1.68. The molecule has 106 valence electrons. The Morgan fingerprint density at radius 1 is 1.32 bits per heavy atom. The molecule has 1 aromatic heterocycles. The Morgan fingerprint density at radius 2 is 2.11 bits per heavy atom. The van der Waals surface area contributed by atoms with Crippen LogP contribution in [0.1, 0.15) is 32.1 Å². The number of hydrogen-bond acceptors (Lipinski definition) is 5. The molecule has 1 aliphatic carbocycles. The van der Waals surface area contributed by atoms with Crippen molar-refractivity contribution in [3.8, 4) is 0 Å². The van der Waals surface area contributed by atoms with Crippen LogP contribution in [-0.2, 0) is 4.74 Å². The van der Waals surface area contributed by atoms with Gasteiger partial charge in [-0.05, 0) is 18.9 Å². The molecular formula is C14H24N4O. The van der Waals surface area contributed by atoms with Gasteiger partial charge in [-0.1, -0.05) is 19.3 Å². The third-order valence-corrected chi connectivity index (χ3v) is 3.36. The number of anilines is 2. The van der Waals surface area contributed by atoms with Crippen LogP contribution in [0, 0.1) is 0 Å². The van der Waals surface area contributed by atoms with Gasteiger partial charge >= 0.3 is 0 Å². The van der Waals surface area contributed by atoms with Crippen LogP contribution in [0.4, 0.5) is 11.8 Å². The minimum Gasteiger partial charge on any atom is -0.376 e. The molecule has 19 heavy (non-hydrogen) atoms. The fraction of sp³-hybridized carbons (Fsp3) is 0.714. The van der Waals surface area contributed by atoms with Gasteiger partial charge in [-0.2, -0.15) is 4.98 Å². The second kappa shape index (κ2) is 7.28. The van der Waals surface area contributed by atoms with Crippen LogP contribution >= 0.6 is 0 Å². The van der Waals surface area contributed by atoms with Crippen molar-refractivity contribution in [2.24, 2.45) is 0 Å². The van der Waals surface area contributed by atoms with Crippen molar-refractivity contribution < 1.29 is 4.74 Å². The highest BCUT2D eigenvalue weighted by molar-refractivity contribution is 5.40. The molecule has 1 heterocycles. The average Bonchev–Trinajstić information content (AvgIpc) is 2.45. The lowest BCUT2D eigenvalue weighted by molar-refractivity contribution is 0.0347. The Labute approximate surface area is 115 Å². The summed E-state index contributed by atoms with van der Waals surface area (Å²) >= 11 is 0. The van der Waals surface area contributed by atoms with Gasteiger partial charge in [-0.25, -0.2) is 4.98 Å². The monoisotopic (exact) mass is 264 g/mol. The summed E-state index contributed by atoms with van der Waals surface area (Å²) in [6.07, 6.45) is 8.68. The normalized spacial score (nSPS) is 16.3. The summed E-state index contributed by atoms with van der Waals surface area (Å²) < 4.78 is 5.87. The molecular weight excluding hydrogens is 240 g/mol. The molecule has 1 fully saturated rings. The molecule has 0 amide bonds. The molecule has 0 spiro atoms. The molecule has 0 atom stereocenters. The van der Waals surface area contributed by atoms with Gasteiger partial charge in [0.25, 0.3) is 0 Å². The van der Waals surface area contributed by atoms with E-state index in [2.05, 4.69) is 15.3 Å². The van der Waals surface area contributed by atoms with Crippen LogP contribution < -0.4 is 10.2 Å². The third kappa shape index (κ3) is 4.67. The zero-order valence-electron chi connectivity index (χ0n) is 11.9. The smallest absolute Gasteiger partial charge is 0.226 e. The molecule has 5 nitrogen and oxygen atoms in total. The first-order chi connectivity index (χ1) is 9.25. The molecule has 0 radical (unpaired) electrons. The first-order valence-electron chi connectivity index (χ1n) is 7.11. The maximum Gasteiger partial charge on any atom is 0.226 e. The quantitative estimate of drug-likeness (QED) is 0.799. The molecule has 2 rings (SSSR count). The van der Waals surface area contributed by atoms with Crippen LogP contribution in [0.25, 0.3) is 0 Å². The van der Waals surface area contributed by atoms with Gasteiger partial charge in [0.05, 0.1) is 12.7 Å². The van der Waals surface area contributed by atoms with Gasteiger partial charge in [0.2, 0.25) is 5.95 Å². The predicted molar refractivity (Wildman–Crippen MR) is 77.7 cm³/mol. The maximum absolute atomic E-state index is 5.87. The molecule has 1 saturated carbocycles. The Kier molecular flexibility index (Phi) is 5.39. The zero-order valence-corrected chi connectivity index (χ0v) is 11.9. The zero-order chi connectivity index (χ0) is 13.5. The number of rotatable bonds is 6. The van der Waals surface area contributed by atoms with Crippen molar-refractivity contribution in [3.05, 3.63) is 12.3 Å². The fourth-order valence-electron chi connectivity index (χ4n) is 2.30. The second-order valence-electron chi connectivity index (χ2n) is 5.19. The summed E-state index contributed by atoms with van der Waals surface area (Å²) in [4.78, 5) is 10.5. The first kappa shape index (κ1) is 14.1. The van der Waals surface area contributed by atoms with Crippen molar-refractivity contribution in [2.75, 3.05) is 37.5 Å². The van der Waals surface area contributed by atoms with Crippen molar-refractivity contribution in [1.29, 1.82) is 0 Å². The molecule has 1 N–H and O–H groups in total. The second-order valence-corrected chi connectivity index (χ2v) is 5.19. The van der Waals surface area contributed by atoms with Gasteiger partial charge in [-0.15, -0.1) is 0 Å². The summed E-state index contributed by atoms with van der Waals surface area (Å²) in [5, 5.41) is 3.28. The lowest BCUT2D eigenvalue weighted by Gasteiger charge is -2.22. The highest BCUT2D eigenvalue weighted by Crippen LogP contribution is 2.20. The highest BCUT2D eigenvalue weighted by atomic mass is 16.5. The van der Waals surface area contributed by atoms with Gasteiger partial charge in [0.15, 0.2) is 0 Å². The average molecular weight is 264 g/mol. The van der Waals surface area contributed by atoms with Crippen LogP contribution in [0.5, 0.6) is 0 Å². The van der Waals surface area contributed by atoms with E-state index in [-0.39, 0.29) is 0 Å². The summed E-state index contributed by atoms with van der Waals surface area (Å²) in [5.74, 6) is 1.57. The van der Waals surface area contributed by atoms with E-state index in [4.69, 9.17) is 4.74 Å². The lowest BCUT2D eigenvalue weighted by atomic mass is 9.98. The minimum atomic E-state index is 0.471. The summed E-state index contributed by atoms with van der Waals surface area (Å²) in [6, 6.07) is 1.88. The van der Waals surface area contributed by atoms with Crippen LogP contribution in [0.3, 0.4) is 0 Å². The minimum absolute atomic E-state index is 0.471. The SMILES string of the molecule is CN(C)c1nccc(NCCOC2CCCCC2)n1. The molecule has 0 aromatic carbocycles. The van der Waals surface area contributed by atoms with E-state index in [1.165, 1.54) is 32.1 Å². The van der Waals surface area contributed by atoms with E-state index in [9.17, 15) is 0 Å². The number of ether oxygens (including phenoxy) is 1. The first-order valence-corrected chi connectivity index (χ1v) is 7.11. The largest absolute Gasteiger partial charge is 0.376 e. The number of nitrogens with one attached hydrogen (secondary N) is 1. The summed E-state index contributed by atoms with van der Waals surface area (Å²) in [5.41, 5.74) is 0. The van der Waals surface area contributed by atoms with E-state index in [0.29, 0.717) is 6.10 Å². The molecule has 0 bridgehead atoms. The number of nitrogens with zero attached hydrogens (tertiary/aromatic N) is 3. The van der Waals surface area contributed by atoms with Crippen molar-refractivity contribution in [1.82, 2.24) is 9.97 Å². The van der Waals surface area contributed by atoms with E-state index in [1.807, 2.05) is 25.1 Å². The van der Waals surface area contributed by atoms with E-state index in [1.54, 1.807) is 6.20 Å². The van der Waals surface area contributed by atoms with Crippen LogP contribution in [0.15, 0.2) is 12.3 Å². The molecule has 1 aliphatic rings. The molecule has 0 aliphatic heterocycles. The van der Waals surface area contributed by atoms with E-state index < -0.39 is 0 Å². The third-order valence-electron chi connectivity index (χ3n) is 3.36. The van der Waals surface area contributed by atoms with E-state index in [0.717, 1.165) is 24.9 Å². The Hall–Kier alpha value is -1.36. The molecule has 1 aromatic rings. The summed E-state index contributed by atoms with van der Waals surface area (Å²) in [7, 11) is 3.87. The Morgan fingerprint density at radius 3 is 2.84 bits per heavy atom. The fourth-order valence-corrected chi connectivity index (χ4v) is 2.30. The lowest BCUT2D eigenvalue weighted by Crippen LogP contribution is -2.21. The van der Waals surface area contributed by atoms with Gasteiger partial charge in [0.1, 0.15) is 5.82 Å². The van der Waals surface area contributed by atoms with Gasteiger partial charge in [0, 0.05) is 26.8 Å². The molecule has 5 heteroatoms. The van der Waals surface area contributed by atoms with Gasteiger partial charge < -0.3 is 15.0 Å². The van der Waals surface area contributed by atoms with Crippen LogP contribution in [-0.4, -0.2) is 43.3 Å². The summed E-state index contributed by atoms with van der Waals surface area (Å²) in [6.45, 7) is 1.53. The van der Waals surface area contributed by atoms with Crippen molar-refractivity contribution >= 4 is 11.8 Å². The highest BCUT2D eigenvalue weighted by Gasteiger charge is 2.12. The van der Waals surface area contributed by atoms with Gasteiger partial charge in [-0.3, -0.25) is 0 Å². The van der Waals surface area contributed by atoms with E-state index >= 15 is 0 Å². The van der Waals surface area contributed by atoms with Crippen molar-refractivity contribution in [2.45, 2.75) is 38.2 Å². The molecule has 0 saturated heterocycles. The maximum atomic E-state index is 5.87. The van der Waals surface area contributed by atoms with Crippen LogP contribution in [0.2, 0.25) is 0 Å². The number of hydrogen-bond donors (Lipinski definition) is 1. The standard InChI is InChI=1S/C14H24N4O/c1-18(2)14-16-9-8-13(17-14)15-10-11-19-12-6-4-3-5-7-12/h8-9,12H,3-7,10-11H2,1-2H3,(H,15,16,17). The Bertz CT molecular complexity index is 377. The van der Waals surface area contributed by atoms with Crippen molar-refractivity contribution in [3.63, 3.8) is 0 Å². The predicted octanol–water partition coefficient (Wildman–Crippen LogP) is 2.30. The number of aromatic nitrogens is 2. The topological polar surface area (TPSA) is 50.3 Å². The molecule has 0 unspecified atom stereocenters.